The van der Waals surface area contributed by atoms with Gasteiger partial charge in [-0.2, -0.15) is 0 Å². The summed E-state index contributed by atoms with van der Waals surface area (Å²) in [4.78, 5) is 15.2. The third-order valence-electron chi connectivity index (χ3n) is 1.65. The Morgan fingerprint density at radius 2 is 2.27 bits per heavy atom. The summed E-state index contributed by atoms with van der Waals surface area (Å²) in [7, 11) is 0. The maximum Gasteiger partial charge on any atom is 0.255 e. The molecule has 0 unspecified atom stereocenters. The summed E-state index contributed by atoms with van der Waals surface area (Å²) in [6.45, 7) is 1.00. The first kappa shape index (κ1) is 11.4. The maximum atomic E-state index is 11.8. The Morgan fingerprint density at radius 3 is 2.80 bits per heavy atom. The van der Waals surface area contributed by atoms with Crippen LogP contribution in [0.1, 0.15) is 16.1 Å². The number of rotatable bonds is 3. The van der Waals surface area contributed by atoms with Crippen molar-refractivity contribution in [2.24, 2.45) is 0 Å². The molecule has 1 rings (SSSR count). The van der Waals surface area contributed by atoms with E-state index < -0.39 is 18.9 Å². The molecule has 15 heavy (non-hydrogen) atoms. The van der Waals surface area contributed by atoms with E-state index in [4.69, 9.17) is 5.73 Å². The first-order valence-electron chi connectivity index (χ1n) is 4.29. The molecule has 0 aliphatic carbocycles. The lowest BCUT2D eigenvalue weighted by molar-refractivity contribution is 0.0891. The second-order valence-corrected chi connectivity index (χ2v) is 3.02. The van der Waals surface area contributed by atoms with Gasteiger partial charge in [0.2, 0.25) is 0 Å². The molecule has 0 radical (unpaired) electrons. The Labute approximate surface area is 85.5 Å². The van der Waals surface area contributed by atoms with Crippen molar-refractivity contribution in [1.82, 2.24) is 10.3 Å². The van der Waals surface area contributed by atoms with Crippen LogP contribution in [0.2, 0.25) is 0 Å². The van der Waals surface area contributed by atoms with Gasteiger partial charge in [-0.25, -0.2) is 13.8 Å². The minimum Gasteiger partial charge on any atom is -0.384 e. The van der Waals surface area contributed by atoms with Gasteiger partial charge in [-0.15, -0.1) is 0 Å². The smallest absolute Gasteiger partial charge is 0.255 e. The Hall–Kier alpha value is -1.72. The number of aryl methyl sites for hydroxylation is 1. The van der Waals surface area contributed by atoms with Crippen molar-refractivity contribution in [2.75, 3.05) is 12.3 Å². The molecule has 0 saturated carbocycles. The van der Waals surface area contributed by atoms with E-state index in [0.29, 0.717) is 5.69 Å². The number of pyridine rings is 1. The summed E-state index contributed by atoms with van der Waals surface area (Å²) in [5.74, 6) is -0.385. The van der Waals surface area contributed by atoms with Gasteiger partial charge in [0.1, 0.15) is 5.82 Å². The first-order valence-corrected chi connectivity index (χ1v) is 4.29. The molecule has 0 saturated heterocycles. The highest BCUT2D eigenvalue weighted by molar-refractivity contribution is 5.94. The standard InChI is InChI=1S/C9H11F2N3O/c1-5-2-6(3-8(12)14-5)9(15)13-4-7(10)11/h2-3,7H,4H2,1H3,(H2,12,14)(H,13,15). The van der Waals surface area contributed by atoms with Gasteiger partial charge in [-0.3, -0.25) is 4.79 Å². The fourth-order valence-electron chi connectivity index (χ4n) is 1.10. The third kappa shape index (κ3) is 3.49. The minimum absolute atomic E-state index is 0.192. The van der Waals surface area contributed by atoms with Crippen LogP contribution in [0.25, 0.3) is 0 Å². The first-order chi connectivity index (χ1) is 6.99. The number of aromatic nitrogens is 1. The second kappa shape index (κ2) is 4.68. The van der Waals surface area contributed by atoms with Crippen molar-refractivity contribution < 1.29 is 13.6 Å². The molecule has 1 amide bonds. The van der Waals surface area contributed by atoms with E-state index in [1.54, 1.807) is 6.92 Å². The topological polar surface area (TPSA) is 68.0 Å². The number of anilines is 1. The van der Waals surface area contributed by atoms with Crippen molar-refractivity contribution in [2.45, 2.75) is 13.3 Å². The highest BCUT2D eigenvalue weighted by Gasteiger charge is 2.09. The molecule has 0 aromatic carbocycles. The summed E-state index contributed by atoms with van der Waals surface area (Å²) in [5.41, 5.74) is 6.22. The van der Waals surface area contributed by atoms with E-state index in [2.05, 4.69) is 10.3 Å². The van der Waals surface area contributed by atoms with Gasteiger partial charge in [0, 0.05) is 11.3 Å². The SMILES string of the molecule is Cc1cc(C(=O)NCC(F)F)cc(N)n1. The van der Waals surface area contributed by atoms with Crippen molar-refractivity contribution in [3.63, 3.8) is 0 Å². The Kier molecular flexibility index (Phi) is 3.54. The van der Waals surface area contributed by atoms with E-state index in [1.165, 1.54) is 12.1 Å². The van der Waals surface area contributed by atoms with Crippen LogP contribution in [-0.4, -0.2) is 23.9 Å². The Bertz CT molecular complexity index is 348. The molecule has 1 aromatic rings. The van der Waals surface area contributed by atoms with Crippen molar-refractivity contribution >= 4 is 11.7 Å². The third-order valence-corrected chi connectivity index (χ3v) is 1.65. The number of nitrogens with zero attached hydrogens (tertiary/aromatic N) is 1. The number of halogens is 2. The monoisotopic (exact) mass is 215 g/mol. The number of carbonyl (C=O) groups is 1. The summed E-state index contributed by atoms with van der Waals surface area (Å²) in [6, 6.07) is 2.82. The predicted molar refractivity (Wildman–Crippen MR) is 51.7 cm³/mol. The number of hydrogen-bond acceptors (Lipinski definition) is 3. The van der Waals surface area contributed by atoms with Crippen molar-refractivity contribution in [1.29, 1.82) is 0 Å². The van der Waals surface area contributed by atoms with Gasteiger partial charge in [-0.05, 0) is 19.1 Å². The maximum absolute atomic E-state index is 11.8. The number of carbonyl (C=O) groups excluding carboxylic acids is 1. The zero-order valence-corrected chi connectivity index (χ0v) is 8.13. The zero-order chi connectivity index (χ0) is 11.4. The highest BCUT2D eigenvalue weighted by atomic mass is 19.3. The molecule has 0 spiro atoms. The van der Waals surface area contributed by atoms with Gasteiger partial charge in [-0.1, -0.05) is 0 Å². The van der Waals surface area contributed by atoms with Crippen LogP contribution in [0, 0.1) is 6.92 Å². The van der Waals surface area contributed by atoms with Gasteiger partial charge in [0.15, 0.2) is 0 Å². The molecule has 1 heterocycles. The molecule has 0 aliphatic heterocycles. The number of nitrogens with one attached hydrogen (secondary N) is 1. The van der Waals surface area contributed by atoms with E-state index >= 15 is 0 Å². The molecule has 3 N–H and O–H groups in total. The largest absolute Gasteiger partial charge is 0.384 e. The molecular weight excluding hydrogens is 204 g/mol. The van der Waals surface area contributed by atoms with Gasteiger partial charge in [0.05, 0.1) is 6.54 Å². The molecule has 0 atom stereocenters. The minimum atomic E-state index is -2.56. The molecule has 0 aliphatic rings. The van der Waals surface area contributed by atoms with E-state index in [0.717, 1.165) is 0 Å². The number of nitrogens with two attached hydrogens (primary N) is 1. The van der Waals surface area contributed by atoms with Crippen molar-refractivity contribution in [3.05, 3.63) is 23.4 Å². The quantitative estimate of drug-likeness (QED) is 0.789. The summed E-state index contributed by atoms with van der Waals surface area (Å²) < 4.78 is 23.6. The number of hydrogen-bond donors (Lipinski definition) is 2. The van der Waals surface area contributed by atoms with Gasteiger partial charge >= 0.3 is 0 Å². The van der Waals surface area contributed by atoms with E-state index in [-0.39, 0.29) is 11.4 Å². The zero-order valence-electron chi connectivity index (χ0n) is 8.13. The number of nitrogen functional groups attached to an aromatic ring is 1. The fraction of sp³-hybridized carbons (Fsp3) is 0.333. The van der Waals surface area contributed by atoms with Gasteiger partial charge in [0.25, 0.3) is 12.3 Å². The average molecular weight is 215 g/mol. The van der Waals surface area contributed by atoms with Crippen LogP contribution in [0.3, 0.4) is 0 Å². The molecule has 0 bridgehead atoms. The molecule has 4 nitrogen and oxygen atoms in total. The Morgan fingerprint density at radius 1 is 1.60 bits per heavy atom. The number of amides is 1. The molecule has 6 heteroatoms. The van der Waals surface area contributed by atoms with Crippen LogP contribution in [0.15, 0.2) is 12.1 Å². The van der Waals surface area contributed by atoms with E-state index in [1.807, 2.05) is 0 Å². The lowest BCUT2D eigenvalue weighted by Gasteiger charge is -2.05. The molecule has 82 valence electrons. The highest BCUT2D eigenvalue weighted by Crippen LogP contribution is 2.06. The van der Waals surface area contributed by atoms with Crippen LogP contribution in [-0.2, 0) is 0 Å². The van der Waals surface area contributed by atoms with Crippen LogP contribution < -0.4 is 11.1 Å². The summed E-state index contributed by atoms with van der Waals surface area (Å²) in [6.07, 6.45) is -2.56. The van der Waals surface area contributed by atoms with Crippen molar-refractivity contribution in [3.8, 4) is 0 Å². The second-order valence-electron chi connectivity index (χ2n) is 3.02. The van der Waals surface area contributed by atoms with Crippen LogP contribution in [0.5, 0.6) is 0 Å². The number of alkyl halides is 2. The fourth-order valence-corrected chi connectivity index (χ4v) is 1.10. The molecule has 1 aromatic heterocycles. The van der Waals surface area contributed by atoms with Gasteiger partial charge < -0.3 is 11.1 Å². The lowest BCUT2D eigenvalue weighted by atomic mass is 10.2. The predicted octanol–water partition coefficient (Wildman–Crippen LogP) is 0.967. The summed E-state index contributed by atoms with van der Waals surface area (Å²) in [5, 5.41) is 2.08. The van der Waals surface area contributed by atoms with Crippen LogP contribution >= 0.6 is 0 Å². The molecule has 0 fully saturated rings. The normalized spacial score (nSPS) is 10.4. The Balaban J connectivity index is 2.73. The molecular formula is C9H11F2N3O. The summed E-state index contributed by atoms with van der Waals surface area (Å²) >= 11 is 0. The average Bonchev–Trinajstić information content (AvgIpc) is 2.12. The van der Waals surface area contributed by atoms with E-state index in [9.17, 15) is 13.6 Å². The lowest BCUT2D eigenvalue weighted by Crippen LogP contribution is -2.28. The van der Waals surface area contributed by atoms with Crippen LogP contribution in [0.4, 0.5) is 14.6 Å².